The summed E-state index contributed by atoms with van der Waals surface area (Å²) in [4.78, 5) is 19.0. The number of benzene rings is 1. The fourth-order valence-electron chi connectivity index (χ4n) is 4.18. The summed E-state index contributed by atoms with van der Waals surface area (Å²) < 4.78 is 13.3. The maximum absolute atomic E-state index is 12.7. The van der Waals surface area contributed by atoms with E-state index in [1.54, 1.807) is 27.9 Å². The molecule has 2 fully saturated rings. The number of rotatable bonds is 5. The number of hydrogen-bond donors (Lipinski definition) is 1. The Morgan fingerprint density at radius 2 is 2.09 bits per heavy atom. The van der Waals surface area contributed by atoms with E-state index in [9.17, 15) is 10.1 Å². The van der Waals surface area contributed by atoms with Crippen LogP contribution in [0, 0.1) is 17.2 Å². The Morgan fingerprint density at radius 1 is 1.29 bits per heavy atom. The zero-order chi connectivity index (χ0) is 23.7. The van der Waals surface area contributed by atoms with Crippen molar-refractivity contribution in [2.75, 3.05) is 33.4 Å². The van der Waals surface area contributed by atoms with Crippen molar-refractivity contribution in [3.63, 3.8) is 0 Å². The molecule has 0 bridgehead atoms. The number of hydrazone groups is 1. The Labute approximate surface area is 198 Å². The molecule has 1 atom stereocenters. The third kappa shape index (κ3) is 4.55. The molecule has 1 amide bonds. The molecule has 0 radical (unpaired) electrons. The number of nitriles is 1. The van der Waals surface area contributed by atoms with E-state index in [0.29, 0.717) is 61.2 Å². The predicted molar refractivity (Wildman–Crippen MR) is 125 cm³/mol. The van der Waals surface area contributed by atoms with Crippen LogP contribution in [0.1, 0.15) is 36.4 Å². The highest BCUT2D eigenvalue weighted by Crippen LogP contribution is 2.35. The van der Waals surface area contributed by atoms with Gasteiger partial charge in [0.15, 0.2) is 7.05 Å². The average Bonchev–Trinajstić information content (AvgIpc) is 3.67. The number of hydrogen-bond acceptors (Lipinski definition) is 7. The number of carbonyl (C=O) groups excluding carboxylic acids is 1. The van der Waals surface area contributed by atoms with Gasteiger partial charge in [-0.05, 0) is 47.8 Å². The van der Waals surface area contributed by atoms with Crippen LogP contribution in [0.25, 0.3) is 11.3 Å². The third-order valence-electron chi connectivity index (χ3n) is 6.37. The molecule has 1 saturated heterocycles. The molecule has 1 aromatic heterocycles. The van der Waals surface area contributed by atoms with Gasteiger partial charge in [-0.2, -0.15) is 5.26 Å². The second-order valence-electron chi connectivity index (χ2n) is 8.78. The highest BCUT2D eigenvalue weighted by atomic mass is 16.5. The number of morpholine rings is 1. The molecule has 5 rings (SSSR count). The zero-order valence-electron chi connectivity index (χ0n) is 19.1. The minimum atomic E-state index is -0.781. The van der Waals surface area contributed by atoms with Gasteiger partial charge >= 0.3 is 5.90 Å². The minimum Gasteiger partial charge on any atom is -0.406 e. The fourth-order valence-corrected chi connectivity index (χ4v) is 4.18. The number of carbonyl (C=O) groups is 1. The SMILES string of the molecule is C[N+]1=C(Oc2cc(C#N)ccc2-c2ccc(C(N)C(=O)N3CCOCC3)cn2)CC(C2CC2)=N1. The smallest absolute Gasteiger partial charge is 0.378 e. The quantitative estimate of drug-likeness (QED) is 0.684. The van der Waals surface area contributed by atoms with Crippen molar-refractivity contribution in [2.45, 2.75) is 25.3 Å². The van der Waals surface area contributed by atoms with Crippen molar-refractivity contribution in [2.24, 2.45) is 16.8 Å². The summed E-state index contributed by atoms with van der Waals surface area (Å²) in [6.45, 7) is 2.14. The Balaban J connectivity index is 1.36. The average molecular weight is 460 g/mol. The summed E-state index contributed by atoms with van der Waals surface area (Å²) in [7, 11) is 1.87. The van der Waals surface area contributed by atoms with E-state index in [4.69, 9.17) is 15.2 Å². The Morgan fingerprint density at radius 3 is 2.76 bits per heavy atom. The first-order valence-corrected chi connectivity index (χ1v) is 11.5. The van der Waals surface area contributed by atoms with Gasteiger partial charge in [0.2, 0.25) is 5.91 Å². The fraction of sp³-hybridized carbons (Fsp3) is 0.400. The van der Waals surface area contributed by atoms with E-state index in [1.807, 2.05) is 25.2 Å². The van der Waals surface area contributed by atoms with Crippen LogP contribution in [-0.2, 0) is 9.53 Å². The van der Waals surface area contributed by atoms with Crippen LogP contribution in [-0.4, -0.2) is 65.4 Å². The molecule has 3 aliphatic rings. The monoisotopic (exact) mass is 459 g/mol. The molecule has 0 spiro atoms. The van der Waals surface area contributed by atoms with Crippen molar-refractivity contribution in [3.8, 4) is 23.1 Å². The van der Waals surface area contributed by atoms with Crippen LogP contribution in [0.2, 0.25) is 0 Å². The number of aromatic nitrogens is 1. The first kappa shape index (κ1) is 22.2. The van der Waals surface area contributed by atoms with E-state index in [-0.39, 0.29) is 5.91 Å². The van der Waals surface area contributed by atoms with Gasteiger partial charge in [0, 0.05) is 30.8 Å². The molecule has 1 saturated carbocycles. The molecule has 1 unspecified atom stereocenters. The first-order valence-electron chi connectivity index (χ1n) is 11.5. The lowest BCUT2D eigenvalue weighted by Gasteiger charge is -2.29. The van der Waals surface area contributed by atoms with Crippen LogP contribution in [0.4, 0.5) is 0 Å². The van der Waals surface area contributed by atoms with E-state index >= 15 is 0 Å². The number of pyridine rings is 1. The summed E-state index contributed by atoms with van der Waals surface area (Å²) in [5, 5.41) is 14.0. The largest absolute Gasteiger partial charge is 0.406 e. The lowest BCUT2D eigenvalue weighted by molar-refractivity contribution is -0.506. The Hall–Kier alpha value is -3.61. The van der Waals surface area contributed by atoms with Gasteiger partial charge in [-0.3, -0.25) is 9.78 Å². The van der Waals surface area contributed by atoms with Crippen molar-refractivity contribution in [1.29, 1.82) is 5.26 Å². The highest BCUT2D eigenvalue weighted by Gasteiger charge is 2.37. The van der Waals surface area contributed by atoms with Crippen LogP contribution in [0.3, 0.4) is 0 Å². The van der Waals surface area contributed by atoms with E-state index in [2.05, 4.69) is 16.2 Å². The summed E-state index contributed by atoms with van der Waals surface area (Å²) >= 11 is 0. The summed E-state index contributed by atoms with van der Waals surface area (Å²) in [5.74, 6) is 1.70. The van der Waals surface area contributed by atoms with Crippen LogP contribution >= 0.6 is 0 Å². The van der Waals surface area contributed by atoms with E-state index in [1.165, 1.54) is 12.8 Å². The van der Waals surface area contributed by atoms with Crippen molar-refractivity contribution in [1.82, 2.24) is 9.88 Å². The first-order chi connectivity index (χ1) is 16.5. The van der Waals surface area contributed by atoms with Gasteiger partial charge in [0.05, 0.1) is 30.5 Å². The second kappa shape index (κ2) is 9.33. The van der Waals surface area contributed by atoms with Crippen LogP contribution in [0.15, 0.2) is 41.6 Å². The maximum atomic E-state index is 12.7. The standard InChI is InChI=1S/C25H27N6O3/c1-30-23(13-21(29-30)17-3-4-17)34-22-12-16(14-26)2-6-19(22)20-7-5-18(15-28-20)24(27)25(32)31-8-10-33-11-9-31/h2,5-7,12,15,17,24H,3-4,8-11,13,27H2,1H3/q+1. The van der Waals surface area contributed by atoms with Gasteiger partial charge in [-0.15, -0.1) is 0 Å². The molecule has 1 aromatic carbocycles. The zero-order valence-corrected chi connectivity index (χ0v) is 19.1. The number of nitrogens with zero attached hydrogens (tertiary/aromatic N) is 5. The lowest BCUT2D eigenvalue weighted by atomic mass is 10.0. The molecule has 2 aliphatic heterocycles. The van der Waals surface area contributed by atoms with Gasteiger partial charge in [0.1, 0.15) is 23.9 Å². The van der Waals surface area contributed by atoms with E-state index in [0.717, 1.165) is 17.2 Å². The van der Waals surface area contributed by atoms with Crippen molar-refractivity contribution in [3.05, 3.63) is 47.7 Å². The molecule has 174 valence electrons. The number of amides is 1. The summed E-state index contributed by atoms with van der Waals surface area (Å²) in [6.07, 6.45) is 4.66. The number of ether oxygens (including phenoxy) is 2. The highest BCUT2D eigenvalue weighted by molar-refractivity contribution is 6.04. The van der Waals surface area contributed by atoms with Crippen molar-refractivity contribution < 1.29 is 19.0 Å². The predicted octanol–water partition coefficient (Wildman–Crippen LogP) is 2.07. The summed E-state index contributed by atoms with van der Waals surface area (Å²) in [6, 6.07) is 10.3. The van der Waals surface area contributed by atoms with Gasteiger partial charge in [-0.1, -0.05) is 10.8 Å². The molecule has 1 aliphatic carbocycles. The lowest BCUT2D eigenvalue weighted by Crippen LogP contribution is -2.45. The Kier molecular flexibility index (Phi) is 6.09. The Bertz CT molecular complexity index is 1200. The van der Waals surface area contributed by atoms with Gasteiger partial charge < -0.3 is 20.1 Å². The molecule has 34 heavy (non-hydrogen) atoms. The van der Waals surface area contributed by atoms with Crippen molar-refractivity contribution >= 4 is 17.5 Å². The molecule has 9 nitrogen and oxygen atoms in total. The third-order valence-corrected chi connectivity index (χ3v) is 6.37. The van der Waals surface area contributed by atoms with Gasteiger partial charge in [0.25, 0.3) is 0 Å². The van der Waals surface area contributed by atoms with Crippen LogP contribution in [0.5, 0.6) is 5.75 Å². The number of nitrogens with two attached hydrogens (primary N) is 1. The minimum absolute atomic E-state index is 0.132. The topological polar surface area (TPSA) is 117 Å². The second-order valence-corrected chi connectivity index (χ2v) is 8.78. The molecular weight excluding hydrogens is 432 g/mol. The molecular formula is C25H27N6O3+. The molecule has 2 N–H and O–H groups in total. The van der Waals surface area contributed by atoms with Crippen LogP contribution < -0.4 is 10.5 Å². The summed E-state index contributed by atoms with van der Waals surface area (Å²) in [5.41, 5.74) is 9.94. The van der Waals surface area contributed by atoms with Gasteiger partial charge in [-0.25, -0.2) is 0 Å². The van der Waals surface area contributed by atoms with E-state index < -0.39 is 6.04 Å². The molecule has 3 heterocycles. The molecule has 9 heteroatoms. The molecule has 2 aromatic rings. The maximum Gasteiger partial charge on any atom is 0.378 e. The normalized spacial score (nSPS) is 19.0.